The lowest BCUT2D eigenvalue weighted by Gasteiger charge is -2.23. The third-order valence-electron chi connectivity index (χ3n) is 4.70. The molecule has 1 aliphatic carbocycles. The molecule has 2 aromatic rings. The van der Waals surface area contributed by atoms with Gasteiger partial charge in [0.05, 0.1) is 4.87 Å². The average Bonchev–Trinajstić information content (AvgIpc) is 3.43. The molecule has 0 radical (unpaired) electrons. The number of hydrogen-bond acceptors (Lipinski definition) is 2. The van der Waals surface area contributed by atoms with Crippen LogP contribution in [0.25, 0.3) is 10.8 Å². The van der Waals surface area contributed by atoms with Crippen LogP contribution in [0.5, 0.6) is 5.75 Å². The second kappa shape index (κ2) is 4.92. The first-order valence-corrected chi connectivity index (χ1v) is 7.86. The molecule has 0 bridgehead atoms. The first-order valence-electron chi connectivity index (χ1n) is 7.48. The van der Waals surface area contributed by atoms with Gasteiger partial charge in [0.2, 0.25) is 0 Å². The van der Waals surface area contributed by atoms with Gasteiger partial charge in [-0.1, -0.05) is 36.4 Å². The lowest BCUT2D eigenvalue weighted by molar-refractivity contribution is -0.0510. The molecular weight excluding hydrogens is 322 g/mol. The summed E-state index contributed by atoms with van der Waals surface area (Å²) < 4.78 is 36.5. The number of halogens is 3. The highest BCUT2D eigenvalue weighted by molar-refractivity contribution is 6.27. The SMILES string of the molecule is C=CC1OC1(c1c(OC(F)F)ccc2ccccc12)C1(Cl)CC1. The third-order valence-corrected chi connectivity index (χ3v) is 5.36. The molecule has 23 heavy (non-hydrogen) atoms. The molecule has 2 unspecified atom stereocenters. The minimum absolute atomic E-state index is 0.120. The molecule has 2 nitrogen and oxygen atoms in total. The molecule has 120 valence electrons. The van der Waals surface area contributed by atoms with Crippen molar-refractivity contribution in [1.82, 2.24) is 0 Å². The standard InChI is InChI=1S/C18H15ClF2O2/c1-2-14-18(23-14,17(19)9-10-17)15-12-6-4-3-5-11(12)7-8-13(15)22-16(20)21/h2-8,14,16H,1,9-10H2. The van der Waals surface area contributed by atoms with Crippen LogP contribution in [0.4, 0.5) is 8.78 Å². The molecule has 0 N–H and O–H groups in total. The molecule has 0 amide bonds. The average molecular weight is 337 g/mol. The van der Waals surface area contributed by atoms with Crippen LogP contribution in [-0.2, 0) is 10.3 Å². The van der Waals surface area contributed by atoms with Crippen molar-refractivity contribution in [3.8, 4) is 5.75 Å². The summed E-state index contributed by atoms with van der Waals surface area (Å²) >= 11 is 6.70. The number of fused-ring (bicyclic) bond motifs is 1. The van der Waals surface area contributed by atoms with E-state index in [1.54, 1.807) is 18.2 Å². The molecule has 1 saturated heterocycles. The number of alkyl halides is 3. The fraction of sp³-hybridized carbons (Fsp3) is 0.333. The van der Waals surface area contributed by atoms with E-state index in [9.17, 15) is 8.78 Å². The van der Waals surface area contributed by atoms with Gasteiger partial charge in [-0.25, -0.2) is 0 Å². The summed E-state index contributed by atoms with van der Waals surface area (Å²) in [5.41, 5.74) is -0.241. The Hall–Kier alpha value is -1.65. The Bertz CT molecular complexity index is 788. The Morgan fingerprint density at radius 2 is 2.00 bits per heavy atom. The Morgan fingerprint density at radius 1 is 1.26 bits per heavy atom. The van der Waals surface area contributed by atoms with Gasteiger partial charge in [-0.2, -0.15) is 8.78 Å². The highest BCUT2D eigenvalue weighted by Gasteiger charge is 2.74. The summed E-state index contributed by atoms with van der Waals surface area (Å²) in [5.74, 6) is 0.120. The van der Waals surface area contributed by atoms with Gasteiger partial charge in [-0.05, 0) is 29.7 Å². The first-order chi connectivity index (χ1) is 11.0. The van der Waals surface area contributed by atoms with Crippen molar-refractivity contribution >= 4 is 22.4 Å². The topological polar surface area (TPSA) is 21.8 Å². The van der Waals surface area contributed by atoms with Crippen LogP contribution < -0.4 is 4.74 Å². The molecule has 2 aliphatic rings. The van der Waals surface area contributed by atoms with Crippen LogP contribution in [0, 0.1) is 0 Å². The van der Waals surface area contributed by atoms with Crippen LogP contribution in [0.2, 0.25) is 0 Å². The van der Waals surface area contributed by atoms with Crippen LogP contribution in [-0.4, -0.2) is 17.6 Å². The van der Waals surface area contributed by atoms with Gasteiger partial charge >= 0.3 is 6.61 Å². The van der Waals surface area contributed by atoms with Crippen molar-refractivity contribution < 1.29 is 18.3 Å². The second-order valence-corrected chi connectivity index (χ2v) is 6.74. The van der Waals surface area contributed by atoms with Crippen LogP contribution in [0.15, 0.2) is 49.1 Å². The molecule has 2 fully saturated rings. The normalized spacial score (nSPS) is 27.9. The predicted molar refractivity (Wildman–Crippen MR) is 85.1 cm³/mol. The summed E-state index contributed by atoms with van der Waals surface area (Å²) in [4.78, 5) is -0.587. The van der Waals surface area contributed by atoms with Crippen molar-refractivity contribution in [3.05, 3.63) is 54.6 Å². The molecule has 1 aliphatic heterocycles. The van der Waals surface area contributed by atoms with E-state index in [1.165, 1.54) is 0 Å². The summed E-state index contributed by atoms with van der Waals surface area (Å²) in [6, 6.07) is 10.9. The molecule has 1 saturated carbocycles. The lowest BCUT2D eigenvalue weighted by atomic mass is 9.85. The van der Waals surface area contributed by atoms with Crippen molar-refractivity contribution in [2.24, 2.45) is 0 Å². The van der Waals surface area contributed by atoms with Crippen molar-refractivity contribution in [1.29, 1.82) is 0 Å². The van der Waals surface area contributed by atoms with E-state index in [4.69, 9.17) is 21.1 Å². The molecule has 1 heterocycles. The van der Waals surface area contributed by atoms with Gasteiger partial charge < -0.3 is 9.47 Å². The Balaban J connectivity index is 1.98. The number of epoxide rings is 1. The predicted octanol–water partition coefficient (Wildman–Crippen LogP) is 4.99. The third kappa shape index (κ3) is 2.08. The molecular formula is C18H15ClF2O2. The molecule has 5 heteroatoms. The molecule has 2 atom stereocenters. The Labute approximate surface area is 137 Å². The van der Waals surface area contributed by atoms with Gasteiger partial charge in [-0.15, -0.1) is 18.2 Å². The molecule has 0 aromatic heterocycles. The lowest BCUT2D eigenvalue weighted by Crippen LogP contribution is -2.28. The quantitative estimate of drug-likeness (QED) is 0.436. The summed E-state index contributed by atoms with van der Waals surface area (Å²) in [6.45, 7) is 0.879. The van der Waals surface area contributed by atoms with Crippen LogP contribution in [0.1, 0.15) is 18.4 Å². The fourth-order valence-electron chi connectivity index (χ4n) is 3.48. The maximum atomic E-state index is 12.9. The van der Waals surface area contributed by atoms with Gasteiger partial charge in [-0.3, -0.25) is 0 Å². The summed E-state index contributed by atoms with van der Waals surface area (Å²) in [6.07, 6.45) is 2.93. The van der Waals surface area contributed by atoms with E-state index in [1.807, 2.05) is 24.3 Å². The van der Waals surface area contributed by atoms with E-state index in [0.29, 0.717) is 5.56 Å². The summed E-state index contributed by atoms with van der Waals surface area (Å²) in [7, 11) is 0. The Kier molecular flexibility index (Phi) is 3.19. The van der Waals surface area contributed by atoms with E-state index in [2.05, 4.69) is 6.58 Å². The minimum atomic E-state index is -2.90. The zero-order valence-electron chi connectivity index (χ0n) is 12.3. The van der Waals surface area contributed by atoms with Gasteiger partial charge in [0, 0.05) is 5.56 Å². The smallest absolute Gasteiger partial charge is 0.387 e. The van der Waals surface area contributed by atoms with Crippen molar-refractivity contribution in [3.63, 3.8) is 0 Å². The monoisotopic (exact) mass is 336 g/mol. The number of rotatable bonds is 5. The molecule has 4 rings (SSSR count). The zero-order valence-corrected chi connectivity index (χ0v) is 13.0. The number of ether oxygens (including phenoxy) is 2. The molecule has 2 aromatic carbocycles. The maximum absolute atomic E-state index is 12.9. The van der Waals surface area contributed by atoms with E-state index < -0.39 is 17.1 Å². The summed E-state index contributed by atoms with van der Waals surface area (Å²) in [5, 5.41) is 1.75. The van der Waals surface area contributed by atoms with Crippen LogP contribution >= 0.6 is 11.6 Å². The molecule has 0 spiro atoms. The van der Waals surface area contributed by atoms with Crippen molar-refractivity contribution in [2.75, 3.05) is 0 Å². The largest absolute Gasteiger partial charge is 0.434 e. The maximum Gasteiger partial charge on any atom is 0.387 e. The number of hydrogen-bond donors (Lipinski definition) is 0. The highest BCUT2D eigenvalue weighted by Crippen LogP contribution is 2.69. The van der Waals surface area contributed by atoms with E-state index >= 15 is 0 Å². The van der Waals surface area contributed by atoms with Crippen LogP contribution in [0.3, 0.4) is 0 Å². The zero-order chi connectivity index (χ0) is 16.2. The van der Waals surface area contributed by atoms with Gasteiger partial charge in [0.15, 0.2) is 0 Å². The Morgan fingerprint density at radius 3 is 2.61 bits per heavy atom. The van der Waals surface area contributed by atoms with Crippen molar-refractivity contribution in [2.45, 2.75) is 36.0 Å². The van der Waals surface area contributed by atoms with Gasteiger partial charge in [0.1, 0.15) is 17.5 Å². The van der Waals surface area contributed by atoms with E-state index in [0.717, 1.165) is 23.6 Å². The minimum Gasteiger partial charge on any atom is -0.434 e. The second-order valence-electron chi connectivity index (χ2n) is 6.01. The first kappa shape index (κ1) is 14.9. The number of benzene rings is 2. The van der Waals surface area contributed by atoms with E-state index in [-0.39, 0.29) is 11.9 Å². The van der Waals surface area contributed by atoms with Gasteiger partial charge in [0.25, 0.3) is 0 Å². The fourth-order valence-corrected chi connectivity index (χ4v) is 3.82. The highest BCUT2D eigenvalue weighted by atomic mass is 35.5.